The largest absolute Gasteiger partial charge is 0.416 e. The second kappa shape index (κ2) is 4.40. The van der Waals surface area contributed by atoms with Crippen molar-refractivity contribution in [2.75, 3.05) is 0 Å². The molecule has 18 heavy (non-hydrogen) atoms. The number of aryl methyl sites for hydroxylation is 1. The lowest BCUT2D eigenvalue weighted by Gasteiger charge is -2.11. The minimum Gasteiger partial charge on any atom is -0.256 e. The third kappa shape index (κ3) is 2.50. The van der Waals surface area contributed by atoms with Crippen LogP contribution in [0.15, 0.2) is 36.5 Å². The van der Waals surface area contributed by atoms with Crippen LogP contribution in [-0.4, -0.2) is 4.98 Å². The molecular formula is C13H9F4N. The van der Waals surface area contributed by atoms with Crippen molar-refractivity contribution in [2.24, 2.45) is 0 Å². The van der Waals surface area contributed by atoms with Crippen LogP contribution in [-0.2, 0) is 6.18 Å². The number of nitrogens with zero attached hydrogens (tertiary/aromatic N) is 1. The molecule has 1 aromatic heterocycles. The van der Waals surface area contributed by atoms with E-state index in [1.165, 1.54) is 37.4 Å². The summed E-state index contributed by atoms with van der Waals surface area (Å²) in [6.07, 6.45) is -3.25. The van der Waals surface area contributed by atoms with Crippen LogP contribution in [0.4, 0.5) is 17.6 Å². The number of pyridine rings is 1. The summed E-state index contributed by atoms with van der Waals surface area (Å²) in [6.45, 7) is 1.35. The highest BCUT2D eigenvalue weighted by molar-refractivity contribution is 5.60. The first kappa shape index (κ1) is 12.5. The molecule has 94 valence electrons. The summed E-state index contributed by atoms with van der Waals surface area (Å²) in [4.78, 5) is 3.93. The van der Waals surface area contributed by atoms with Crippen molar-refractivity contribution in [1.29, 1.82) is 0 Å². The third-order valence-electron chi connectivity index (χ3n) is 2.55. The maximum atomic E-state index is 12.7. The van der Waals surface area contributed by atoms with Crippen LogP contribution < -0.4 is 0 Å². The molecule has 1 nitrogen and oxygen atoms in total. The highest BCUT2D eigenvalue weighted by Gasteiger charge is 2.32. The molecule has 0 saturated carbocycles. The molecule has 0 N–H and O–H groups in total. The summed E-state index contributed by atoms with van der Waals surface area (Å²) >= 11 is 0. The van der Waals surface area contributed by atoms with Crippen molar-refractivity contribution in [3.05, 3.63) is 53.5 Å². The van der Waals surface area contributed by atoms with Crippen LogP contribution in [0, 0.1) is 12.7 Å². The lowest BCUT2D eigenvalue weighted by molar-refractivity contribution is -0.138. The Morgan fingerprint density at radius 2 is 1.67 bits per heavy atom. The quantitative estimate of drug-likeness (QED) is 0.695. The van der Waals surface area contributed by atoms with Crippen LogP contribution in [0.5, 0.6) is 0 Å². The molecule has 0 aliphatic heterocycles. The average Bonchev–Trinajstić information content (AvgIpc) is 2.29. The molecule has 0 bridgehead atoms. The number of benzene rings is 1. The van der Waals surface area contributed by atoms with Gasteiger partial charge in [-0.2, -0.15) is 13.2 Å². The Bertz CT molecular complexity index is 558. The van der Waals surface area contributed by atoms with Crippen LogP contribution in [0.1, 0.15) is 11.1 Å². The number of halogens is 4. The molecule has 5 heteroatoms. The van der Waals surface area contributed by atoms with E-state index >= 15 is 0 Å². The number of hydrogen-bond donors (Lipinski definition) is 0. The molecule has 0 radical (unpaired) electrons. The normalized spacial score (nSPS) is 11.6. The fraction of sp³-hybridized carbons (Fsp3) is 0.154. The van der Waals surface area contributed by atoms with Crippen LogP contribution in [0.25, 0.3) is 11.3 Å². The molecule has 0 aliphatic carbocycles. The summed E-state index contributed by atoms with van der Waals surface area (Å²) in [5, 5.41) is 0. The van der Waals surface area contributed by atoms with E-state index in [0.29, 0.717) is 5.56 Å². The molecule has 1 aromatic carbocycles. The van der Waals surface area contributed by atoms with Gasteiger partial charge in [-0.05, 0) is 42.8 Å². The molecule has 0 amide bonds. The van der Waals surface area contributed by atoms with E-state index < -0.39 is 17.6 Å². The van der Waals surface area contributed by atoms with Gasteiger partial charge in [-0.3, -0.25) is 4.98 Å². The van der Waals surface area contributed by atoms with Gasteiger partial charge in [0.15, 0.2) is 0 Å². The van der Waals surface area contributed by atoms with E-state index in [1.54, 1.807) is 0 Å². The molecular weight excluding hydrogens is 246 g/mol. The molecule has 1 heterocycles. The third-order valence-corrected chi connectivity index (χ3v) is 2.55. The molecule has 0 spiro atoms. The van der Waals surface area contributed by atoms with E-state index in [-0.39, 0.29) is 11.3 Å². The maximum absolute atomic E-state index is 12.7. The Hall–Kier alpha value is -1.91. The topological polar surface area (TPSA) is 12.9 Å². The van der Waals surface area contributed by atoms with Crippen molar-refractivity contribution >= 4 is 0 Å². The number of rotatable bonds is 1. The molecule has 0 fully saturated rings. The summed E-state index contributed by atoms with van der Waals surface area (Å²) < 4.78 is 50.9. The predicted octanol–water partition coefficient (Wildman–Crippen LogP) is 4.21. The fourth-order valence-electron chi connectivity index (χ4n) is 1.61. The monoisotopic (exact) mass is 255 g/mol. The van der Waals surface area contributed by atoms with Gasteiger partial charge < -0.3 is 0 Å². The number of aromatic nitrogens is 1. The Labute approximate surface area is 101 Å². The van der Waals surface area contributed by atoms with Crippen molar-refractivity contribution < 1.29 is 17.6 Å². The van der Waals surface area contributed by atoms with Crippen molar-refractivity contribution in [1.82, 2.24) is 4.98 Å². The summed E-state index contributed by atoms with van der Waals surface area (Å²) in [7, 11) is 0. The lowest BCUT2D eigenvalue weighted by Crippen LogP contribution is -2.08. The van der Waals surface area contributed by atoms with Crippen molar-refractivity contribution in [3.63, 3.8) is 0 Å². The first-order valence-electron chi connectivity index (χ1n) is 5.18. The predicted molar refractivity (Wildman–Crippen MR) is 59.4 cm³/mol. The standard InChI is InChI=1S/C13H9F4N/c1-8-7-18-12(6-11(8)13(15,16)17)9-2-4-10(14)5-3-9/h2-7H,1H3. The Morgan fingerprint density at radius 3 is 2.22 bits per heavy atom. The van der Waals surface area contributed by atoms with Gasteiger partial charge in [0.1, 0.15) is 5.82 Å². The number of alkyl halides is 3. The van der Waals surface area contributed by atoms with E-state index in [9.17, 15) is 17.6 Å². The Balaban J connectivity index is 2.50. The van der Waals surface area contributed by atoms with Crippen molar-refractivity contribution in [2.45, 2.75) is 13.1 Å². The van der Waals surface area contributed by atoms with Crippen LogP contribution >= 0.6 is 0 Å². The van der Waals surface area contributed by atoms with E-state index in [4.69, 9.17) is 0 Å². The average molecular weight is 255 g/mol. The molecule has 0 atom stereocenters. The molecule has 2 rings (SSSR count). The van der Waals surface area contributed by atoms with Gasteiger partial charge in [-0.1, -0.05) is 0 Å². The first-order chi connectivity index (χ1) is 8.38. The van der Waals surface area contributed by atoms with Gasteiger partial charge in [-0.25, -0.2) is 4.39 Å². The highest BCUT2D eigenvalue weighted by Crippen LogP contribution is 2.33. The van der Waals surface area contributed by atoms with Crippen LogP contribution in [0.2, 0.25) is 0 Å². The minimum absolute atomic E-state index is 0.0633. The fourth-order valence-corrected chi connectivity index (χ4v) is 1.61. The maximum Gasteiger partial charge on any atom is 0.416 e. The number of hydrogen-bond acceptors (Lipinski definition) is 1. The van der Waals surface area contributed by atoms with Gasteiger partial charge in [0, 0.05) is 11.8 Å². The summed E-state index contributed by atoms with van der Waals surface area (Å²) in [6, 6.07) is 6.14. The molecule has 2 aromatic rings. The molecule has 0 aliphatic rings. The zero-order valence-electron chi connectivity index (χ0n) is 9.42. The molecule has 0 unspecified atom stereocenters. The van der Waals surface area contributed by atoms with E-state index in [0.717, 1.165) is 6.07 Å². The van der Waals surface area contributed by atoms with Crippen molar-refractivity contribution in [3.8, 4) is 11.3 Å². The van der Waals surface area contributed by atoms with Gasteiger partial charge in [0.25, 0.3) is 0 Å². The second-order valence-corrected chi connectivity index (χ2v) is 3.89. The van der Waals surface area contributed by atoms with Gasteiger partial charge in [0.2, 0.25) is 0 Å². The summed E-state index contributed by atoms with van der Waals surface area (Å²) in [5.74, 6) is -0.443. The zero-order valence-corrected chi connectivity index (χ0v) is 9.42. The van der Waals surface area contributed by atoms with E-state index in [2.05, 4.69) is 4.98 Å². The Morgan fingerprint density at radius 1 is 1.06 bits per heavy atom. The van der Waals surface area contributed by atoms with Gasteiger partial charge in [0.05, 0.1) is 11.3 Å². The Kier molecular flexibility index (Phi) is 3.07. The lowest BCUT2D eigenvalue weighted by atomic mass is 10.1. The van der Waals surface area contributed by atoms with Gasteiger partial charge in [-0.15, -0.1) is 0 Å². The van der Waals surface area contributed by atoms with Gasteiger partial charge >= 0.3 is 6.18 Å². The SMILES string of the molecule is Cc1cnc(-c2ccc(F)cc2)cc1C(F)(F)F. The summed E-state index contributed by atoms with van der Waals surface area (Å²) in [5.41, 5.74) is -0.0417. The van der Waals surface area contributed by atoms with Crippen LogP contribution in [0.3, 0.4) is 0 Å². The smallest absolute Gasteiger partial charge is 0.256 e. The zero-order chi connectivity index (χ0) is 13.3. The molecule has 0 saturated heterocycles. The first-order valence-corrected chi connectivity index (χ1v) is 5.18. The highest BCUT2D eigenvalue weighted by atomic mass is 19.4. The van der Waals surface area contributed by atoms with E-state index in [1.807, 2.05) is 0 Å². The minimum atomic E-state index is -4.41. The second-order valence-electron chi connectivity index (χ2n) is 3.89.